The molecule has 0 spiro atoms. The second-order valence-corrected chi connectivity index (χ2v) is 7.27. The minimum Gasteiger partial charge on any atom is -0.495 e. The van der Waals surface area contributed by atoms with E-state index in [4.69, 9.17) is 10.5 Å². The third kappa shape index (κ3) is 5.85. The van der Waals surface area contributed by atoms with Crippen molar-refractivity contribution in [3.05, 3.63) is 54.1 Å². The highest BCUT2D eigenvalue weighted by atomic mass is 16.5. The van der Waals surface area contributed by atoms with Gasteiger partial charge in [0.15, 0.2) is 0 Å². The molecular weight excluding hydrogens is 368 g/mol. The van der Waals surface area contributed by atoms with Gasteiger partial charge in [-0.25, -0.2) is 4.79 Å². The zero-order valence-electron chi connectivity index (χ0n) is 16.9. The van der Waals surface area contributed by atoms with Crippen molar-refractivity contribution in [2.75, 3.05) is 50.1 Å². The van der Waals surface area contributed by atoms with Gasteiger partial charge >= 0.3 is 6.03 Å². The molecule has 1 aliphatic heterocycles. The number of hydrogen-bond acceptors (Lipinski definition) is 5. The first kappa shape index (κ1) is 21.0. The lowest BCUT2D eigenvalue weighted by molar-refractivity contribution is 0.154. The van der Waals surface area contributed by atoms with Gasteiger partial charge in [0.05, 0.1) is 18.9 Å². The number of benzene rings is 2. The predicted octanol–water partition coefficient (Wildman–Crippen LogP) is 2.82. The Morgan fingerprint density at radius 2 is 1.90 bits per heavy atom. The number of nitrogens with two attached hydrogens (primary N) is 1. The van der Waals surface area contributed by atoms with Crippen molar-refractivity contribution in [1.82, 2.24) is 4.90 Å². The molecule has 1 saturated heterocycles. The number of anilines is 2. The van der Waals surface area contributed by atoms with Gasteiger partial charge in [0.2, 0.25) is 0 Å². The first-order valence-electron chi connectivity index (χ1n) is 10.0. The molecule has 2 aromatic rings. The Bertz CT molecular complexity index is 792. The summed E-state index contributed by atoms with van der Waals surface area (Å²) < 4.78 is 5.22. The highest BCUT2D eigenvalue weighted by molar-refractivity contribution is 5.89. The van der Waals surface area contributed by atoms with E-state index in [0.29, 0.717) is 17.9 Å². The number of amides is 2. The maximum absolute atomic E-state index is 11.2. The van der Waals surface area contributed by atoms with E-state index in [1.807, 2.05) is 12.1 Å². The third-order valence-electron chi connectivity index (χ3n) is 5.31. The zero-order chi connectivity index (χ0) is 20.6. The van der Waals surface area contributed by atoms with Gasteiger partial charge in [0.25, 0.3) is 0 Å². The number of nitrogens with one attached hydrogen (secondary N) is 1. The van der Waals surface area contributed by atoms with Crippen LogP contribution in [0.25, 0.3) is 0 Å². The molecule has 7 nitrogen and oxygen atoms in total. The summed E-state index contributed by atoms with van der Waals surface area (Å²) in [6.45, 7) is 5.06. The normalized spacial score (nSPS) is 15.7. The highest BCUT2D eigenvalue weighted by Crippen LogP contribution is 2.29. The molecule has 3 rings (SSSR count). The molecule has 156 valence electrons. The Morgan fingerprint density at radius 1 is 1.17 bits per heavy atom. The average Bonchev–Trinajstić information content (AvgIpc) is 2.74. The van der Waals surface area contributed by atoms with Gasteiger partial charge < -0.3 is 25.8 Å². The number of aliphatic hydroxyl groups excluding tert-OH is 1. The standard InChI is InChI=1S/C22H30N4O3/c1-29-21-10-9-17(16-19(21)24-22(23)28)20(27)8-5-11-25-12-14-26(15-13-25)18-6-3-2-4-7-18/h2-4,6-7,9-10,16,20,27H,5,8,11-15H2,1H3,(H3,23,24,28). The fourth-order valence-corrected chi connectivity index (χ4v) is 3.71. The van der Waals surface area contributed by atoms with Crippen LogP contribution in [0.2, 0.25) is 0 Å². The minimum absolute atomic E-state index is 0.466. The first-order valence-corrected chi connectivity index (χ1v) is 10.0. The number of aliphatic hydroxyl groups is 1. The lowest BCUT2D eigenvalue weighted by atomic mass is 10.0. The van der Waals surface area contributed by atoms with Crippen molar-refractivity contribution < 1.29 is 14.6 Å². The molecule has 0 aromatic heterocycles. The minimum atomic E-state index is -0.662. The van der Waals surface area contributed by atoms with Crippen molar-refractivity contribution in [3.8, 4) is 5.75 Å². The molecule has 1 fully saturated rings. The molecule has 1 aliphatic rings. The number of nitrogens with zero attached hydrogens (tertiary/aromatic N) is 2. The van der Waals surface area contributed by atoms with E-state index in [9.17, 15) is 9.90 Å². The predicted molar refractivity (Wildman–Crippen MR) is 115 cm³/mol. The molecule has 2 amide bonds. The molecule has 0 bridgehead atoms. The molecule has 2 aromatic carbocycles. The van der Waals surface area contributed by atoms with E-state index in [2.05, 4.69) is 39.4 Å². The number of hydrogen-bond donors (Lipinski definition) is 3. The quantitative estimate of drug-likeness (QED) is 0.636. The number of primary amides is 1. The van der Waals surface area contributed by atoms with Gasteiger partial charge in [-0.1, -0.05) is 24.3 Å². The van der Waals surface area contributed by atoms with Crippen molar-refractivity contribution in [2.24, 2.45) is 5.73 Å². The molecule has 0 radical (unpaired) electrons. The van der Waals surface area contributed by atoms with Crippen molar-refractivity contribution in [3.63, 3.8) is 0 Å². The summed E-state index contributed by atoms with van der Waals surface area (Å²) in [5, 5.41) is 13.1. The number of ether oxygens (including phenoxy) is 1. The van der Waals surface area contributed by atoms with Gasteiger partial charge in [0.1, 0.15) is 5.75 Å². The summed E-state index contributed by atoms with van der Waals surface area (Å²) in [5.74, 6) is 0.510. The maximum Gasteiger partial charge on any atom is 0.316 e. The molecule has 0 saturated carbocycles. The largest absolute Gasteiger partial charge is 0.495 e. The number of methoxy groups -OCH3 is 1. The molecule has 7 heteroatoms. The van der Waals surface area contributed by atoms with E-state index in [1.54, 1.807) is 12.1 Å². The maximum atomic E-state index is 11.2. The van der Waals surface area contributed by atoms with Crippen molar-refractivity contribution >= 4 is 17.4 Å². The number of carbonyl (C=O) groups is 1. The number of carbonyl (C=O) groups excluding carboxylic acids is 1. The second-order valence-electron chi connectivity index (χ2n) is 7.27. The Hall–Kier alpha value is -2.77. The van der Waals surface area contributed by atoms with Gasteiger partial charge in [-0.3, -0.25) is 4.90 Å². The summed E-state index contributed by atoms with van der Waals surface area (Å²) in [5.41, 5.74) is 7.69. The fourth-order valence-electron chi connectivity index (χ4n) is 3.71. The lowest BCUT2D eigenvalue weighted by Crippen LogP contribution is -2.46. The summed E-state index contributed by atoms with van der Waals surface area (Å²) in [7, 11) is 1.52. The number of piperazine rings is 1. The smallest absolute Gasteiger partial charge is 0.316 e. The summed E-state index contributed by atoms with van der Waals surface area (Å²) in [6, 6.07) is 15.1. The van der Waals surface area contributed by atoms with E-state index in [0.717, 1.165) is 44.7 Å². The average molecular weight is 399 g/mol. The van der Waals surface area contributed by atoms with Gasteiger partial charge in [-0.2, -0.15) is 0 Å². The van der Waals surface area contributed by atoms with Crippen LogP contribution in [0.5, 0.6) is 5.75 Å². The molecule has 1 atom stereocenters. The van der Waals surface area contributed by atoms with Crippen LogP contribution in [-0.4, -0.2) is 55.9 Å². The molecule has 0 aliphatic carbocycles. The van der Waals surface area contributed by atoms with E-state index in [-0.39, 0.29) is 0 Å². The summed E-state index contributed by atoms with van der Waals surface area (Å²) in [6.07, 6.45) is 0.957. The van der Waals surface area contributed by atoms with Crippen LogP contribution in [0, 0.1) is 0 Å². The van der Waals surface area contributed by atoms with Crippen LogP contribution < -0.4 is 20.7 Å². The van der Waals surface area contributed by atoms with E-state index < -0.39 is 12.1 Å². The van der Waals surface area contributed by atoms with E-state index >= 15 is 0 Å². The Morgan fingerprint density at radius 3 is 2.55 bits per heavy atom. The number of urea groups is 1. The van der Waals surface area contributed by atoms with Gasteiger partial charge in [-0.05, 0) is 49.2 Å². The summed E-state index contributed by atoms with van der Waals surface area (Å²) in [4.78, 5) is 16.0. The topological polar surface area (TPSA) is 91.1 Å². The Balaban J connectivity index is 1.45. The number of para-hydroxylation sites is 1. The molecule has 29 heavy (non-hydrogen) atoms. The molecular formula is C22H30N4O3. The molecule has 1 unspecified atom stereocenters. The second kappa shape index (κ2) is 10.1. The SMILES string of the molecule is COc1ccc(C(O)CCCN2CCN(c3ccccc3)CC2)cc1NC(N)=O. The third-order valence-corrected chi connectivity index (χ3v) is 5.31. The highest BCUT2D eigenvalue weighted by Gasteiger charge is 2.18. The van der Waals surface area contributed by atoms with Crippen LogP contribution in [0.1, 0.15) is 24.5 Å². The molecule has 4 N–H and O–H groups in total. The van der Waals surface area contributed by atoms with Crippen molar-refractivity contribution in [1.29, 1.82) is 0 Å². The summed E-state index contributed by atoms with van der Waals surface area (Å²) >= 11 is 0. The van der Waals surface area contributed by atoms with Gasteiger partial charge in [-0.15, -0.1) is 0 Å². The fraction of sp³-hybridized carbons (Fsp3) is 0.409. The van der Waals surface area contributed by atoms with E-state index in [1.165, 1.54) is 12.8 Å². The van der Waals surface area contributed by atoms with Crippen LogP contribution in [0.15, 0.2) is 48.5 Å². The van der Waals surface area contributed by atoms with Crippen LogP contribution in [-0.2, 0) is 0 Å². The van der Waals surface area contributed by atoms with Crippen LogP contribution in [0.4, 0.5) is 16.2 Å². The first-order chi connectivity index (χ1) is 14.1. The zero-order valence-corrected chi connectivity index (χ0v) is 16.9. The van der Waals surface area contributed by atoms with Crippen LogP contribution in [0.3, 0.4) is 0 Å². The monoisotopic (exact) mass is 398 g/mol. The lowest BCUT2D eigenvalue weighted by Gasteiger charge is -2.36. The van der Waals surface area contributed by atoms with Crippen molar-refractivity contribution in [2.45, 2.75) is 18.9 Å². The van der Waals surface area contributed by atoms with Crippen LogP contribution >= 0.6 is 0 Å². The Labute approximate surface area is 172 Å². The Kier molecular flexibility index (Phi) is 7.32. The number of rotatable bonds is 8. The molecule has 1 heterocycles. The van der Waals surface area contributed by atoms with Gasteiger partial charge in [0, 0.05) is 31.9 Å².